The maximum atomic E-state index is 5.98. The highest BCUT2D eigenvalue weighted by molar-refractivity contribution is 5.46. The molecule has 1 aromatic rings. The fourth-order valence-corrected chi connectivity index (χ4v) is 2.60. The fourth-order valence-electron chi connectivity index (χ4n) is 2.60. The van der Waals surface area contributed by atoms with E-state index >= 15 is 0 Å². The van der Waals surface area contributed by atoms with Crippen LogP contribution in [0.2, 0.25) is 0 Å². The number of rotatable bonds is 2. The van der Waals surface area contributed by atoms with Gasteiger partial charge < -0.3 is 5.73 Å². The average molecular weight is 218 g/mol. The summed E-state index contributed by atoms with van der Waals surface area (Å²) in [4.78, 5) is 2.52. The van der Waals surface area contributed by atoms with Crippen LogP contribution in [-0.4, -0.2) is 18.0 Å². The van der Waals surface area contributed by atoms with Crippen LogP contribution in [0.3, 0.4) is 0 Å². The van der Waals surface area contributed by atoms with Crippen molar-refractivity contribution in [2.75, 3.05) is 18.8 Å². The first kappa shape index (κ1) is 11.5. The molecule has 16 heavy (non-hydrogen) atoms. The van der Waals surface area contributed by atoms with Gasteiger partial charge in [-0.2, -0.15) is 0 Å². The van der Waals surface area contributed by atoms with Gasteiger partial charge in [0.15, 0.2) is 0 Å². The van der Waals surface area contributed by atoms with Gasteiger partial charge in [-0.15, -0.1) is 0 Å². The number of anilines is 1. The molecule has 1 aliphatic rings. The first-order valence-corrected chi connectivity index (χ1v) is 6.13. The predicted molar refractivity (Wildman–Crippen MR) is 69.1 cm³/mol. The summed E-state index contributed by atoms with van der Waals surface area (Å²) in [6.45, 7) is 8.09. The van der Waals surface area contributed by atoms with Crippen molar-refractivity contribution in [2.45, 2.75) is 33.2 Å². The maximum Gasteiger partial charge on any atom is 0.0359 e. The minimum Gasteiger partial charge on any atom is -0.398 e. The Hall–Kier alpha value is -1.02. The molecule has 0 saturated carbocycles. The minimum absolute atomic E-state index is 0.460. The monoisotopic (exact) mass is 218 g/mol. The van der Waals surface area contributed by atoms with Crippen LogP contribution in [0.5, 0.6) is 0 Å². The van der Waals surface area contributed by atoms with Crippen molar-refractivity contribution in [3.05, 3.63) is 29.8 Å². The maximum absolute atomic E-state index is 5.98. The summed E-state index contributed by atoms with van der Waals surface area (Å²) in [6, 6.07) is 8.20. The van der Waals surface area contributed by atoms with Crippen molar-refractivity contribution < 1.29 is 0 Å². The Bertz CT molecular complexity index is 358. The predicted octanol–water partition coefficient (Wildman–Crippen LogP) is 2.89. The molecule has 0 aromatic heterocycles. The number of hydrogen-bond donors (Lipinski definition) is 1. The van der Waals surface area contributed by atoms with Crippen LogP contribution in [0.4, 0.5) is 5.69 Å². The number of benzene rings is 1. The zero-order valence-corrected chi connectivity index (χ0v) is 10.4. The Balaban J connectivity index is 2.02. The summed E-state index contributed by atoms with van der Waals surface area (Å²) >= 11 is 0. The molecule has 0 bridgehead atoms. The molecule has 1 saturated heterocycles. The third-order valence-corrected chi connectivity index (χ3v) is 3.43. The largest absolute Gasteiger partial charge is 0.398 e. The Kier molecular flexibility index (Phi) is 3.20. The molecular weight excluding hydrogens is 196 g/mol. The number of hydrogen-bond acceptors (Lipinski definition) is 2. The van der Waals surface area contributed by atoms with Crippen molar-refractivity contribution in [3.8, 4) is 0 Å². The van der Waals surface area contributed by atoms with E-state index in [0.717, 1.165) is 12.2 Å². The lowest BCUT2D eigenvalue weighted by Gasteiger charge is -2.38. The highest BCUT2D eigenvalue weighted by atomic mass is 15.1. The number of nitrogens with zero attached hydrogens (tertiary/aromatic N) is 1. The molecule has 2 nitrogen and oxygen atoms in total. The van der Waals surface area contributed by atoms with Gasteiger partial charge >= 0.3 is 0 Å². The van der Waals surface area contributed by atoms with E-state index in [1.165, 1.54) is 31.5 Å². The molecule has 88 valence electrons. The normalized spacial score (nSPS) is 20.9. The SMILES string of the molecule is CC1(C)CCCN(Cc2ccccc2N)C1. The highest BCUT2D eigenvalue weighted by Gasteiger charge is 2.26. The summed E-state index contributed by atoms with van der Waals surface area (Å²) in [5.41, 5.74) is 8.62. The summed E-state index contributed by atoms with van der Waals surface area (Å²) in [7, 11) is 0. The van der Waals surface area contributed by atoms with E-state index in [4.69, 9.17) is 5.73 Å². The van der Waals surface area contributed by atoms with Crippen molar-refractivity contribution in [1.82, 2.24) is 4.90 Å². The van der Waals surface area contributed by atoms with Gasteiger partial charge in [0.25, 0.3) is 0 Å². The Morgan fingerprint density at radius 1 is 1.31 bits per heavy atom. The number of piperidine rings is 1. The Morgan fingerprint density at radius 3 is 2.75 bits per heavy atom. The summed E-state index contributed by atoms with van der Waals surface area (Å²) in [6.07, 6.45) is 2.65. The summed E-state index contributed by atoms with van der Waals surface area (Å²) in [5, 5.41) is 0. The summed E-state index contributed by atoms with van der Waals surface area (Å²) in [5.74, 6) is 0. The topological polar surface area (TPSA) is 29.3 Å². The van der Waals surface area contributed by atoms with Crippen LogP contribution >= 0.6 is 0 Å². The average Bonchev–Trinajstić information content (AvgIpc) is 2.20. The first-order chi connectivity index (χ1) is 7.57. The van der Waals surface area contributed by atoms with E-state index < -0.39 is 0 Å². The Morgan fingerprint density at radius 2 is 2.06 bits per heavy atom. The first-order valence-electron chi connectivity index (χ1n) is 6.13. The summed E-state index contributed by atoms with van der Waals surface area (Å²) < 4.78 is 0. The van der Waals surface area contributed by atoms with Crippen molar-refractivity contribution in [3.63, 3.8) is 0 Å². The number of para-hydroxylation sites is 1. The van der Waals surface area contributed by atoms with Gasteiger partial charge in [-0.1, -0.05) is 32.0 Å². The van der Waals surface area contributed by atoms with Crippen LogP contribution in [0.25, 0.3) is 0 Å². The second-order valence-corrected chi connectivity index (χ2v) is 5.68. The van der Waals surface area contributed by atoms with E-state index in [-0.39, 0.29) is 0 Å². The fraction of sp³-hybridized carbons (Fsp3) is 0.571. The molecule has 0 radical (unpaired) electrons. The van der Waals surface area contributed by atoms with Crippen LogP contribution < -0.4 is 5.73 Å². The molecule has 1 heterocycles. The molecule has 2 N–H and O–H groups in total. The van der Waals surface area contributed by atoms with E-state index in [2.05, 4.69) is 30.9 Å². The minimum atomic E-state index is 0.460. The standard InChI is InChI=1S/C14H22N2/c1-14(2)8-5-9-16(11-14)10-12-6-3-4-7-13(12)15/h3-4,6-7H,5,8-11,15H2,1-2H3. The van der Waals surface area contributed by atoms with E-state index in [0.29, 0.717) is 5.41 Å². The zero-order valence-electron chi connectivity index (χ0n) is 10.4. The molecule has 0 aliphatic carbocycles. The molecule has 0 spiro atoms. The van der Waals surface area contributed by atoms with Gasteiger partial charge in [0.1, 0.15) is 0 Å². The zero-order chi connectivity index (χ0) is 11.6. The Labute approximate surface area is 98.4 Å². The second kappa shape index (κ2) is 4.46. The number of likely N-dealkylation sites (tertiary alicyclic amines) is 1. The van der Waals surface area contributed by atoms with Gasteiger partial charge in [-0.05, 0) is 36.4 Å². The van der Waals surface area contributed by atoms with E-state index in [1.807, 2.05) is 12.1 Å². The van der Waals surface area contributed by atoms with Crippen LogP contribution in [0.15, 0.2) is 24.3 Å². The molecule has 0 atom stereocenters. The van der Waals surface area contributed by atoms with E-state index in [9.17, 15) is 0 Å². The molecule has 1 fully saturated rings. The third-order valence-electron chi connectivity index (χ3n) is 3.43. The molecule has 2 rings (SSSR count). The number of nitrogen functional groups attached to an aromatic ring is 1. The van der Waals surface area contributed by atoms with Crippen molar-refractivity contribution in [1.29, 1.82) is 0 Å². The third kappa shape index (κ3) is 2.76. The van der Waals surface area contributed by atoms with Gasteiger partial charge in [0, 0.05) is 18.8 Å². The van der Waals surface area contributed by atoms with E-state index in [1.54, 1.807) is 0 Å². The van der Waals surface area contributed by atoms with Crippen molar-refractivity contribution >= 4 is 5.69 Å². The van der Waals surface area contributed by atoms with Gasteiger partial charge in [-0.3, -0.25) is 4.90 Å². The van der Waals surface area contributed by atoms with Crippen molar-refractivity contribution in [2.24, 2.45) is 5.41 Å². The second-order valence-electron chi connectivity index (χ2n) is 5.68. The molecular formula is C14H22N2. The van der Waals surface area contributed by atoms with Gasteiger partial charge in [0.2, 0.25) is 0 Å². The van der Waals surface area contributed by atoms with Crippen LogP contribution in [0.1, 0.15) is 32.3 Å². The smallest absolute Gasteiger partial charge is 0.0359 e. The number of nitrogens with two attached hydrogens (primary N) is 1. The lowest BCUT2D eigenvalue weighted by atomic mass is 9.84. The van der Waals surface area contributed by atoms with Crippen LogP contribution in [0, 0.1) is 5.41 Å². The quantitative estimate of drug-likeness (QED) is 0.773. The van der Waals surface area contributed by atoms with Gasteiger partial charge in [0.05, 0.1) is 0 Å². The molecule has 0 unspecified atom stereocenters. The molecule has 1 aromatic carbocycles. The van der Waals surface area contributed by atoms with Gasteiger partial charge in [-0.25, -0.2) is 0 Å². The van der Waals surface area contributed by atoms with Crippen LogP contribution in [-0.2, 0) is 6.54 Å². The molecule has 1 aliphatic heterocycles. The lowest BCUT2D eigenvalue weighted by Crippen LogP contribution is -2.39. The molecule has 0 amide bonds. The lowest BCUT2D eigenvalue weighted by molar-refractivity contribution is 0.112. The highest BCUT2D eigenvalue weighted by Crippen LogP contribution is 2.29. The molecule has 2 heteroatoms.